The number of benzene rings is 1. The Labute approximate surface area is 202 Å². The van der Waals surface area contributed by atoms with Crippen molar-refractivity contribution in [2.75, 3.05) is 44.7 Å². The number of nitrogens with zero attached hydrogens (tertiary/aromatic N) is 2. The van der Waals surface area contributed by atoms with Crippen molar-refractivity contribution in [3.05, 3.63) is 52.3 Å². The van der Waals surface area contributed by atoms with Crippen molar-refractivity contribution in [1.29, 1.82) is 0 Å². The van der Waals surface area contributed by atoms with Crippen LogP contribution in [0.15, 0.2) is 41.0 Å². The maximum atomic E-state index is 14.0. The molecule has 8 heteroatoms. The second-order valence-electron chi connectivity index (χ2n) is 9.28. The van der Waals surface area contributed by atoms with Gasteiger partial charge in [-0.2, -0.15) is 0 Å². The number of amides is 2. The van der Waals surface area contributed by atoms with Crippen LogP contribution >= 0.6 is 15.9 Å². The Morgan fingerprint density at radius 1 is 1.12 bits per heavy atom. The lowest BCUT2D eigenvalue weighted by molar-refractivity contribution is -0.130. The number of fused-ring (bicyclic) bond motifs is 1. The van der Waals surface area contributed by atoms with E-state index in [9.17, 15) is 9.59 Å². The van der Waals surface area contributed by atoms with Gasteiger partial charge >= 0.3 is 0 Å². The number of rotatable bonds is 3. The van der Waals surface area contributed by atoms with E-state index in [0.29, 0.717) is 53.5 Å². The van der Waals surface area contributed by atoms with Crippen LogP contribution in [0.25, 0.3) is 11.1 Å². The summed E-state index contributed by atoms with van der Waals surface area (Å²) >= 11 is 3.46. The van der Waals surface area contributed by atoms with Crippen molar-refractivity contribution in [2.24, 2.45) is 11.8 Å². The van der Waals surface area contributed by atoms with Crippen LogP contribution in [0.1, 0.15) is 25.1 Å². The number of ether oxygens (including phenoxy) is 1. The molecule has 0 radical (unpaired) electrons. The second kappa shape index (κ2) is 9.08. The summed E-state index contributed by atoms with van der Waals surface area (Å²) in [6.07, 6.45) is 1.79. The largest absolute Gasteiger partial charge is 0.379 e. The van der Waals surface area contributed by atoms with Crippen LogP contribution < -0.4 is 5.32 Å². The minimum absolute atomic E-state index is 0.0995. The third-order valence-electron chi connectivity index (χ3n) is 6.99. The first kappa shape index (κ1) is 22.4. The Bertz CT molecular complexity index is 1080. The molecule has 1 aromatic carbocycles. The molecule has 3 aliphatic rings. The van der Waals surface area contributed by atoms with Gasteiger partial charge in [0.15, 0.2) is 0 Å². The highest BCUT2D eigenvalue weighted by Crippen LogP contribution is 2.39. The third-order valence-corrected chi connectivity index (χ3v) is 7.49. The average Bonchev–Trinajstić information content (AvgIpc) is 3.42. The molecule has 5 rings (SSSR count). The topological polar surface area (TPSA) is 77.7 Å². The molecule has 0 bridgehead atoms. The highest BCUT2D eigenvalue weighted by molar-refractivity contribution is 9.10. The Kier molecular flexibility index (Phi) is 6.16. The molecule has 1 aromatic heterocycles. The fraction of sp³-hybridized carbons (Fsp3) is 0.440. The van der Waals surface area contributed by atoms with E-state index in [1.807, 2.05) is 35.2 Å². The van der Waals surface area contributed by atoms with Gasteiger partial charge in [0.25, 0.3) is 11.8 Å². The number of aromatic amines is 1. The number of nitrogens with one attached hydrogen (secondary N) is 2. The molecule has 0 spiro atoms. The Balaban J connectivity index is 1.49. The van der Waals surface area contributed by atoms with Crippen LogP contribution in [0.3, 0.4) is 0 Å². The molecule has 7 nitrogen and oxygen atoms in total. The van der Waals surface area contributed by atoms with E-state index in [1.54, 1.807) is 6.20 Å². The van der Waals surface area contributed by atoms with E-state index in [1.165, 1.54) is 0 Å². The number of anilines is 1. The number of hydrogen-bond donors (Lipinski definition) is 2. The number of piperidine rings is 1. The standard InChI is InChI=1S/C25H29BrN4O3/c1-15-13-30(14-16(2)23(15)29-8-10-33-11-9-29)25(32)22(19-4-3-7-27-19)21-18-6-5-17(26)12-20(18)28-24(21)31/h3-7,12,15-16,23,27H,8-11,13-14H2,1-2H3,(H,28,31). The van der Waals surface area contributed by atoms with E-state index in [-0.39, 0.29) is 11.8 Å². The summed E-state index contributed by atoms with van der Waals surface area (Å²) < 4.78 is 6.42. The smallest absolute Gasteiger partial charge is 0.257 e. The minimum atomic E-state index is -0.245. The number of hydrogen-bond acceptors (Lipinski definition) is 4. The van der Waals surface area contributed by atoms with Gasteiger partial charge in [-0.05, 0) is 36.1 Å². The van der Waals surface area contributed by atoms with Crippen LogP contribution in [-0.2, 0) is 14.3 Å². The molecule has 3 aliphatic heterocycles. The molecule has 2 unspecified atom stereocenters. The maximum absolute atomic E-state index is 14.0. The zero-order valence-corrected chi connectivity index (χ0v) is 20.5. The second-order valence-corrected chi connectivity index (χ2v) is 10.2. The highest BCUT2D eigenvalue weighted by atomic mass is 79.9. The van der Waals surface area contributed by atoms with Gasteiger partial charge in [0, 0.05) is 48.5 Å². The predicted molar refractivity (Wildman–Crippen MR) is 131 cm³/mol. The van der Waals surface area contributed by atoms with Gasteiger partial charge in [0.1, 0.15) is 0 Å². The number of carbonyl (C=O) groups is 2. The number of halogens is 1. The van der Waals surface area contributed by atoms with Crippen molar-refractivity contribution in [2.45, 2.75) is 19.9 Å². The number of H-pyrrole nitrogens is 1. The van der Waals surface area contributed by atoms with Crippen molar-refractivity contribution >= 4 is 44.6 Å². The summed E-state index contributed by atoms with van der Waals surface area (Å²) in [5, 5.41) is 2.93. The molecular weight excluding hydrogens is 484 g/mol. The monoisotopic (exact) mass is 512 g/mol. The number of likely N-dealkylation sites (tertiary alicyclic amines) is 1. The molecule has 0 aliphatic carbocycles. The molecule has 2 aromatic rings. The summed E-state index contributed by atoms with van der Waals surface area (Å²) in [5.74, 6) is 0.306. The van der Waals surface area contributed by atoms with Crippen molar-refractivity contribution in [3.63, 3.8) is 0 Å². The quantitative estimate of drug-likeness (QED) is 0.617. The molecule has 2 amide bonds. The summed E-state index contributed by atoms with van der Waals surface area (Å²) in [5.41, 5.74) is 3.00. The molecule has 2 N–H and O–H groups in total. The SMILES string of the molecule is CC1CN(C(=O)C(=C2C(=O)Nc3cc(Br)ccc32)c2ccc[nH]2)CC(C)C1N1CCOCC1. The first-order valence-corrected chi connectivity index (χ1v) is 12.3. The van der Waals surface area contributed by atoms with Crippen LogP contribution in [0.2, 0.25) is 0 Å². The Morgan fingerprint density at radius 2 is 1.85 bits per heavy atom. The lowest BCUT2D eigenvalue weighted by Crippen LogP contribution is -2.58. The van der Waals surface area contributed by atoms with Crippen LogP contribution in [-0.4, -0.2) is 72.0 Å². The van der Waals surface area contributed by atoms with E-state index in [0.717, 1.165) is 36.3 Å². The van der Waals surface area contributed by atoms with Gasteiger partial charge in [0.05, 0.1) is 35.7 Å². The normalized spacial score (nSPS) is 27.3. The van der Waals surface area contributed by atoms with Crippen molar-refractivity contribution < 1.29 is 14.3 Å². The number of aromatic nitrogens is 1. The molecule has 174 valence electrons. The predicted octanol–water partition coefficient (Wildman–Crippen LogP) is 3.46. The highest BCUT2D eigenvalue weighted by Gasteiger charge is 2.40. The Morgan fingerprint density at radius 3 is 2.52 bits per heavy atom. The van der Waals surface area contributed by atoms with Gasteiger partial charge in [-0.25, -0.2) is 0 Å². The number of carbonyl (C=O) groups excluding carboxylic acids is 2. The van der Waals surface area contributed by atoms with Gasteiger partial charge < -0.3 is 19.9 Å². The van der Waals surface area contributed by atoms with Crippen molar-refractivity contribution in [3.8, 4) is 0 Å². The fourth-order valence-corrected chi connectivity index (χ4v) is 6.06. The first-order valence-electron chi connectivity index (χ1n) is 11.5. The van der Waals surface area contributed by atoms with Gasteiger partial charge in [0.2, 0.25) is 0 Å². The summed E-state index contributed by atoms with van der Waals surface area (Å²) in [4.78, 5) is 34.7. The lowest BCUT2D eigenvalue weighted by Gasteiger charge is -2.47. The van der Waals surface area contributed by atoms with Gasteiger partial charge in [-0.3, -0.25) is 14.5 Å². The summed E-state index contributed by atoms with van der Waals surface area (Å²) in [6, 6.07) is 9.79. The minimum Gasteiger partial charge on any atom is -0.379 e. The first-order chi connectivity index (χ1) is 15.9. The summed E-state index contributed by atoms with van der Waals surface area (Å²) in [7, 11) is 0. The van der Waals surface area contributed by atoms with E-state index >= 15 is 0 Å². The third kappa shape index (κ3) is 4.16. The molecule has 2 saturated heterocycles. The lowest BCUT2D eigenvalue weighted by atomic mass is 9.83. The van der Waals surface area contributed by atoms with Gasteiger partial charge in [-0.15, -0.1) is 0 Å². The average molecular weight is 513 g/mol. The van der Waals surface area contributed by atoms with E-state index in [4.69, 9.17) is 4.74 Å². The molecule has 33 heavy (non-hydrogen) atoms. The van der Waals surface area contributed by atoms with E-state index in [2.05, 4.69) is 45.0 Å². The van der Waals surface area contributed by atoms with Gasteiger partial charge in [-0.1, -0.05) is 35.8 Å². The van der Waals surface area contributed by atoms with Crippen molar-refractivity contribution in [1.82, 2.24) is 14.8 Å². The maximum Gasteiger partial charge on any atom is 0.257 e. The molecule has 2 fully saturated rings. The fourth-order valence-electron chi connectivity index (χ4n) is 5.70. The zero-order chi connectivity index (χ0) is 23.1. The van der Waals surface area contributed by atoms with Crippen LogP contribution in [0.4, 0.5) is 5.69 Å². The zero-order valence-electron chi connectivity index (χ0n) is 18.9. The van der Waals surface area contributed by atoms with Crippen LogP contribution in [0.5, 0.6) is 0 Å². The number of morpholine rings is 1. The summed E-state index contributed by atoms with van der Waals surface area (Å²) in [6.45, 7) is 9.21. The Hall–Kier alpha value is -2.42. The molecule has 2 atom stereocenters. The van der Waals surface area contributed by atoms with E-state index < -0.39 is 0 Å². The molecule has 4 heterocycles. The van der Waals surface area contributed by atoms with Crippen LogP contribution in [0, 0.1) is 11.8 Å². The molecule has 0 saturated carbocycles. The molecular formula is C25H29BrN4O3.